The van der Waals surface area contributed by atoms with Gasteiger partial charge in [-0.05, 0) is 72.6 Å². The molecule has 2 atom stereocenters. The summed E-state index contributed by atoms with van der Waals surface area (Å²) in [6.07, 6.45) is 3.19. The lowest BCUT2D eigenvalue weighted by molar-refractivity contribution is -0.152. The molecule has 0 aromatic rings. The first-order chi connectivity index (χ1) is 14.1. The Hall–Kier alpha value is -0.300. The van der Waals surface area contributed by atoms with E-state index in [4.69, 9.17) is 9.47 Å². The number of hydrogen-bond acceptors (Lipinski definition) is 4. The fourth-order valence-corrected chi connectivity index (χ4v) is 4.87. The molecule has 1 aliphatic carbocycles. The van der Waals surface area contributed by atoms with Gasteiger partial charge in [0.2, 0.25) is 0 Å². The fraction of sp³-hybridized carbons (Fsp3) is 1.00. The van der Waals surface area contributed by atoms with Crippen molar-refractivity contribution in [2.75, 3.05) is 39.3 Å². The van der Waals surface area contributed by atoms with Crippen molar-refractivity contribution in [1.82, 2.24) is 9.80 Å². The van der Waals surface area contributed by atoms with Crippen LogP contribution in [0.5, 0.6) is 0 Å². The third-order valence-electron chi connectivity index (χ3n) is 6.42. The molecule has 0 spiro atoms. The number of alkyl halides is 2. The van der Waals surface area contributed by atoms with Crippen LogP contribution in [0.2, 0.25) is 0 Å². The second-order valence-corrected chi connectivity index (χ2v) is 12.2. The van der Waals surface area contributed by atoms with Crippen molar-refractivity contribution in [2.45, 2.75) is 110 Å². The molecule has 0 N–H and O–H groups in total. The molecular weight excluding hydrogens is 398 g/mol. The molecule has 1 aliphatic heterocycles. The quantitative estimate of drug-likeness (QED) is 0.445. The summed E-state index contributed by atoms with van der Waals surface area (Å²) >= 11 is 0. The van der Waals surface area contributed by atoms with Gasteiger partial charge in [0.05, 0.1) is 24.4 Å². The van der Waals surface area contributed by atoms with E-state index < -0.39 is 5.92 Å². The van der Waals surface area contributed by atoms with E-state index >= 15 is 0 Å². The molecule has 0 aromatic heterocycles. The van der Waals surface area contributed by atoms with Gasteiger partial charge in [0.15, 0.2) is 0 Å². The highest BCUT2D eigenvalue weighted by atomic mass is 19.3. The minimum atomic E-state index is -2.63. The average molecular weight is 447 g/mol. The second kappa shape index (κ2) is 10.8. The Morgan fingerprint density at radius 3 is 1.97 bits per heavy atom. The highest BCUT2D eigenvalue weighted by Gasteiger charge is 2.37. The van der Waals surface area contributed by atoms with Crippen LogP contribution in [0, 0.1) is 11.8 Å². The van der Waals surface area contributed by atoms with Crippen LogP contribution in [0.15, 0.2) is 0 Å². The SMILES string of the molecule is CC(COC1CC(OC(C)(C)C)C1)CC(C)CC(F)(F)CN1CCN(C(C)(C)C)CC1. The van der Waals surface area contributed by atoms with Gasteiger partial charge in [-0.1, -0.05) is 13.8 Å². The lowest BCUT2D eigenvalue weighted by Gasteiger charge is -2.43. The number of nitrogens with zero attached hydrogens (tertiary/aromatic N) is 2. The predicted molar refractivity (Wildman–Crippen MR) is 124 cm³/mol. The molecular formula is C25H48F2N2O2. The zero-order valence-electron chi connectivity index (χ0n) is 21.3. The maximum absolute atomic E-state index is 14.7. The zero-order chi connectivity index (χ0) is 23.4. The van der Waals surface area contributed by atoms with Crippen LogP contribution in [-0.2, 0) is 9.47 Å². The van der Waals surface area contributed by atoms with E-state index in [2.05, 4.69) is 53.4 Å². The standard InChI is InChI=1S/C25H48F2N2O2/c1-19(13-20(2)17-30-21-14-22(15-21)31-24(6,7)8)16-25(26,27)18-28-9-11-29(12-10-28)23(3,4)5/h19-22H,9-18H2,1-8H3. The first-order valence-corrected chi connectivity index (χ1v) is 12.3. The van der Waals surface area contributed by atoms with Crippen LogP contribution < -0.4 is 0 Å². The summed E-state index contributed by atoms with van der Waals surface area (Å²) in [6, 6.07) is 0. The van der Waals surface area contributed by atoms with Crippen LogP contribution in [-0.4, -0.2) is 78.4 Å². The third-order valence-corrected chi connectivity index (χ3v) is 6.42. The van der Waals surface area contributed by atoms with Crippen molar-refractivity contribution in [1.29, 1.82) is 0 Å². The summed E-state index contributed by atoms with van der Waals surface area (Å²) in [5.41, 5.74) is 0.00506. The number of ether oxygens (including phenoxy) is 2. The molecule has 6 heteroatoms. The summed E-state index contributed by atoms with van der Waals surface area (Å²) < 4.78 is 41.3. The van der Waals surface area contributed by atoms with Gasteiger partial charge in [-0.15, -0.1) is 0 Å². The number of hydrogen-bond donors (Lipinski definition) is 0. The van der Waals surface area contributed by atoms with Crippen molar-refractivity contribution < 1.29 is 18.3 Å². The third kappa shape index (κ3) is 10.0. The Kier molecular flexibility index (Phi) is 9.35. The number of halogens is 2. The molecule has 1 saturated carbocycles. The molecule has 2 aliphatic rings. The van der Waals surface area contributed by atoms with Crippen molar-refractivity contribution >= 4 is 0 Å². The van der Waals surface area contributed by atoms with Gasteiger partial charge in [-0.2, -0.15) is 0 Å². The van der Waals surface area contributed by atoms with E-state index in [0.29, 0.717) is 18.6 Å². The molecule has 31 heavy (non-hydrogen) atoms. The molecule has 0 bridgehead atoms. The van der Waals surface area contributed by atoms with E-state index in [1.54, 1.807) is 0 Å². The minimum absolute atomic E-state index is 0.0113. The van der Waals surface area contributed by atoms with Gasteiger partial charge >= 0.3 is 0 Å². The predicted octanol–water partition coefficient (Wildman–Crippen LogP) is 5.45. The van der Waals surface area contributed by atoms with Crippen LogP contribution in [0.4, 0.5) is 8.78 Å². The van der Waals surface area contributed by atoms with Crippen LogP contribution in [0.3, 0.4) is 0 Å². The lowest BCUT2D eigenvalue weighted by Crippen LogP contribution is -2.55. The second-order valence-electron chi connectivity index (χ2n) is 12.2. The highest BCUT2D eigenvalue weighted by molar-refractivity contribution is 4.85. The summed E-state index contributed by atoms with van der Waals surface area (Å²) in [4.78, 5) is 4.32. The summed E-state index contributed by atoms with van der Waals surface area (Å²) in [5.74, 6) is -2.35. The smallest absolute Gasteiger partial charge is 0.260 e. The molecule has 4 nitrogen and oxygen atoms in total. The van der Waals surface area contributed by atoms with Gasteiger partial charge in [-0.25, -0.2) is 8.78 Å². The number of piperazine rings is 1. The number of rotatable bonds is 10. The highest BCUT2D eigenvalue weighted by Crippen LogP contribution is 2.32. The van der Waals surface area contributed by atoms with Crippen molar-refractivity contribution in [3.05, 3.63) is 0 Å². The van der Waals surface area contributed by atoms with Gasteiger partial charge in [0, 0.05) is 44.7 Å². The minimum Gasteiger partial charge on any atom is -0.378 e. The van der Waals surface area contributed by atoms with E-state index in [1.165, 1.54) is 0 Å². The Balaban J connectivity index is 1.62. The van der Waals surface area contributed by atoms with Crippen LogP contribution in [0.1, 0.15) is 81.1 Å². The van der Waals surface area contributed by atoms with Crippen LogP contribution in [0.25, 0.3) is 0 Å². The molecule has 0 radical (unpaired) electrons. The van der Waals surface area contributed by atoms with E-state index in [1.807, 2.05) is 11.8 Å². The Morgan fingerprint density at radius 1 is 0.871 bits per heavy atom. The molecule has 2 fully saturated rings. The average Bonchev–Trinajstić information content (AvgIpc) is 2.54. The molecule has 1 saturated heterocycles. The zero-order valence-corrected chi connectivity index (χ0v) is 21.3. The maximum Gasteiger partial charge on any atom is 0.260 e. The van der Waals surface area contributed by atoms with Gasteiger partial charge in [0.25, 0.3) is 5.92 Å². The first kappa shape index (κ1) is 26.9. The monoisotopic (exact) mass is 446 g/mol. The molecule has 2 rings (SSSR count). The molecule has 0 aromatic carbocycles. The van der Waals surface area contributed by atoms with E-state index in [-0.39, 0.29) is 36.1 Å². The lowest BCUT2D eigenvalue weighted by atomic mass is 9.90. The van der Waals surface area contributed by atoms with E-state index in [0.717, 1.165) is 45.4 Å². The van der Waals surface area contributed by atoms with Crippen molar-refractivity contribution in [2.24, 2.45) is 11.8 Å². The van der Waals surface area contributed by atoms with Gasteiger partial charge in [-0.3, -0.25) is 9.80 Å². The molecule has 0 amide bonds. The Morgan fingerprint density at radius 2 is 1.45 bits per heavy atom. The van der Waals surface area contributed by atoms with Gasteiger partial charge < -0.3 is 9.47 Å². The Labute approximate surface area is 190 Å². The molecule has 184 valence electrons. The van der Waals surface area contributed by atoms with Crippen LogP contribution >= 0.6 is 0 Å². The topological polar surface area (TPSA) is 24.9 Å². The van der Waals surface area contributed by atoms with Crippen molar-refractivity contribution in [3.8, 4) is 0 Å². The van der Waals surface area contributed by atoms with Gasteiger partial charge in [0.1, 0.15) is 0 Å². The first-order valence-electron chi connectivity index (χ1n) is 12.3. The molecule has 1 heterocycles. The maximum atomic E-state index is 14.7. The summed E-state index contributed by atoms with van der Waals surface area (Å²) in [7, 11) is 0. The fourth-order valence-electron chi connectivity index (χ4n) is 4.87. The Bertz CT molecular complexity index is 531. The largest absolute Gasteiger partial charge is 0.378 e. The van der Waals surface area contributed by atoms with Crippen molar-refractivity contribution in [3.63, 3.8) is 0 Å². The van der Waals surface area contributed by atoms with E-state index in [9.17, 15) is 8.78 Å². The summed E-state index contributed by atoms with van der Waals surface area (Å²) in [6.45, 7) is 20.6. The molecule has 2 unspecified atom stereocenters. The summed E-state index contributed by atoms with van der Waals surface area (Å²) in [5, 5.41) is 0. The normalized spacial score (nSPS) is 26.5.